The average Bonchev–Trinajstić information content (AvgIpc) is 3.05. The first kappa shape index (κ1) is 14.8. The summed E-state index contributed by atoms with van der Waals surface area (Å²) >= 11 is 0. The first-order chi connectivity index (χ1) is 10.5. The number of hydrogen-bond acceptors (Lipinski definition) is 2. The summed E-state index contributed by atoms with van der Waals surface area (Å²) in [5, 5.41) is 0. The third-order valence-corrected chi connectivity index (χ3v) is 4.44. The van der Waals surface area contributed by atoms with Gasteiger partial charge < -0.3 is 9.88 Å². The van der Waals surface area contributed by atoms with Crippen LogP contribution in [0.25, 0.3) is 11.3 Å². The highest BCUT2D eigenvalue weighted by Gasteiger charge is 2.33. The molecule has 0 bridgehead atoms. The van der Waals surface area contributed by atoms with Crippen LogP contribution in [0.15, 0.2) is 24.4 Å². The van der Waals surface area contributed by atoms with Crippen molar-refractivity contribution >= 4 is 5.91 Å². The number of aryl methyl sites for hydroxylation is 2. The summed E-state index contributed by atoms with van der Waals surface area (Å²) < 4.78 is 0. The predicted molar refractivity (Wildman–Crippen MR) is 87.7 cm³/mol. The summed E-state index contributed by atoms with van der Waals surface area (Å²) in [6.45, 7) is 9.09. The minimum Gasteiger partial charge on any atom is -0.342 e. The van der Waals surface area contributed by atoms with E-state index in [1.54, 1.807) is 0 Å². The molecule has 4 nitrogen and oxygen atoms in total. The quantitative estimate of drug-likeness (QED) is 0.943. The molecular weight excluding hydrogens is 274 g/mol. The van der Waals surface area contributed by atoms with Crippen LogP contribution >= 0.6 is 0 Å². The lowest BCUT2D eigenvalue weighted by Gasteiger charge is -2.20. The Labute approximate surface area is 131 Å². The number of hydrogen-bond donors (Lipinski definition) is 1. The first-order valence-corrected chi connectivity index (χ1v) is 7.87. The third kappa shape index (κ3) is 2.65. The highest BCUT2D eigenvalue weighted by atomic mass is 16.2. The second kappa shape index (κ2) is 5.59. The second-order valence-corrected chi connectivity index (χ2v) is 6.54. The van der Waals surface area contributed by atoms with Crippen molar-refractivity contribution in [3.8, 4) is 11.3 Å². The van der Waals surface area contributed by atoms with E-state index < -0.39 is 0 Å². The maximum Gasteiger partial charge on any atom is 0.223 e. The molecule has 2 aromatic rings. The van der Waals surface area contributed by atoms with Gasteiger partial charge in [-0.15, -0.1) is 0 Å². The summed E-state index contributed by atoms with van der Waals surface area (Å²) in [6, 6.07) is 6.67. The van der Waals surface area contributed by atoms with Gasteiger partial charge in [0.05, 0.1) is 11.9 Å². The molecule has 0 radical (unpaired) electrons. The lowest BCUT2D eigenvalue weighted by atomic mass is 10.0. The number of nitrogens with one attached hydrogen (secondary N) is 1. The number of aromatic nitrogens is 2. The number of benzene rings is 1. The highest BCUT2D eigenvalue weighted by Crippen LogP contribution is 2.30. The number of rotatable bonds is 3. The highest BCUT2D eigenvalue weighted by molar-refractivity contribution is 5.80. The van der Waals surface area contributed by atoms with Crippen LogP contribution in [0.1, 0.15) is 43.1 Å². The van der Waals surface area contributed by atoms with Crippen LogP contribution in [0.2, 0.25) is 0 Å². The molecule has 1 aliphatic heterocycles. The monoisotopic (exact) mass is 297 g/mol. The van der Waals surface area contributed by atoms with E-state index in [1.807, 2.05) is 11.1 Å². The molecular formula is C18H23N3O. The van der Waals surface area contributed by atoms with Crippen LogP contribution in [-0.2, 0) is 4.79 Å². The molecule has 3 rings (SSSR count). The van der Waals surface area contributed by atoms with E-state index in [0.29, 0.717) is 6.42 Å². The first-order valence-electron chi connectivity index (χ1n) is 7.87. The number of nitrogens with zero attached hydrogens (tertiary/aromatic N) is 2. The molecule has 0 aliphatic carbocycles. The van der Waals surface area contributed by atoms with Gasteiger partial charge in [-0.25, -0.2) is 4.98 Å². The number of amides is 1. The Morgan fingerprint density at radius 3 is 2.73 bits per heavy atom. The zero-order valence-electron chi connectivity index (χ0n) is 13.7. The molecule has 0 saturated carbocycles. The van der Waals surface area contributed by atoms with E-state index in [-0.39, 0.29) is 17.9 Å². The average molecular weight is 297 g/mol. The van der Waals surface area contributed by atoms with E-state index in [4.69, 9.17) is 0 Å². The molecule has 1 amide bonds. The molecule has 1 aromatic carbocycles. The molecule has 0 spiro atoms. The number of aromatic amines is 1. The molecule has 22 heavy (non-hydrogen) atoms. The van der Waals surface area contributed by atoms with Gasteiger partial charge in [-0.3, -0.25) is 4.79 Å². The maximum atomic E-state index is 12.1. The van der Waals surface area contributed by atoms with Crippen molar-refractivity contribution in [3.63, 3.8) is 0 Å². The van der Waals surface area contributed by atoms with Crippen molar-refractivity contribution in [2.75, 3.05) is 6.54 Å². The second-order valence-electron chi connectivity index (χ2n) is 6.54. The molecule has 1 saturated heterocycles. The van der Waals surface area contributed by atoms with Gasteiger partial charge in [0.25, 0.3) is 0 Å². The maximum absolute atomic E-state index is 12.1. The van der Waals surface area contributed by atoms with Gasteiger partial charge in [0, 0.05) is 30.5 Å². The minimum atomic E-state index is 0.175. The van der Waals surface area contributed by atoms with Gasteiger partial charge in [0.1, 0.15) is 5.82 Å². The number of carbonyl (C=O) groups is 1. The van der Waals surface area contributed by atoms with Gasteiger partial charge >= 0.3 is 0 Å². The van der Waals surface area contributed by atoms with Crippen LogP contribution in [0, 0.1) is 13.8 Å². The number of imidazole rings is 1. The predicted octanol–water partition coefficient (Wildman–Crippen LogP) is 3.42. The molecule has 1 unspecified atom stereocenters. The molecule has 1 atom stereocenters. The molecule has 4 heteroatoms. The van der Waals surface area contributed by atoms with Gasteiger partial charge in [-0.2, -0.15) is 0 Å². The lowest BCUT2D eigenvalue weighted by molar-refractivity contribution is -0.129. The van der Waals surface area contributed by atoms with Gasteiger partial charge in [-0.05, 0) is 33.3 Å². The summed E-state index contributed by atoms with van der Waals surface area (Å²) in [4.78, 5) is 21.9. The van der Waals surface area contributed by atoms with Crippen LogP contribution < -0.4 is 0 Å². The smallest absolute Gasteiger partial charge is 0.223 e. The van der Waals surface area contributed by atoms with E-state index in [0.717, 1.165) is 18.1 Å². The van der Waals surface area contributed by atoms with E-state index in [9.17, 15) is 4.79 Å². The standard InChI is InChI=1S/C18H23N3O/c1-11(2)21-10-14(8-17(21)22)18-19-9-16(20-18)15-6-5-12(3)7-13(15)4/h5-7,9,11,14H,8,10H2,1-4H3,(H,19,20). The Kier molecular flexibility index (Phi) is 3.77. The molecule has 1 aromatic heterocycles. The SMILES string of the molecule is Cc1ccc(-c2cnc(C3CC(=O)N(C(C)C)C3)[nH]2)c(C)c1. The van der Waals surface area contributed by atoms with E-state index in [2.05, 4.69) is 55.9 Å². The molecule has 1 fully saturated rings. The van der Waals surface area contributed by atoms with E-state index in [1.165, 1.54) is 16.7 Å². The van der Waals surface area contributed by atoms with Crippen molar-refractivity contribution in [2.45, 2.75) is 46.1 Å². The van der Waals surface area contributed by atoms with Crippen molar-refractivity contribution in [3.05, 3.63) is 41.3 Å². The normalized spacial score (nSPS) is 18.5. The van der Waals surface area contributed by atoms with Crippen molar-refractivity contribution < 1.29 is 4.79 Å². The van der Waals surface area contributed by atoms with Crippen molar-refractivity contribution in [1.82, 2.24) is 14.9 Å². The molecule has 2 heterocycles. The molecule has 1 N–H and O–H groups in total. The van der Waals surface area contributed by atoms with Crippen molar-refractivity contribution in [1.29, 1.82) is 0 Å². The van der Waals surface area contributed by atoms with Gasteiger partial charge in [0.2, 0.25) is 5.91 Å². The van der Waals surface area contributed by atoms with Gasteiger partial charge in [-0.1, -0.05) is 23.8 Å². The van der Waals surface area contributed by atoms with Crippen LogP contribution in [0.4, 0.5) is 0 Å². The fourth-order valence-electron chi connectivity index (χ4n) is 3.21. The fourth-order valence-corrected chi connectivity index (χ4v) is 3.21. The van der Waals surface area contributed by atoms with Gasteiger partial charge in [0.15, 0.2) is 0 Å². The Hall–Kier alpha value is -2.10. The Morgan fingerprint density at radius 1 is 1.32 bits per heavy atom. The van der Waals surface area contributed by atoms with Crippen molar-refractivity contribution in [2.24, 2.45) is 0 Å². The third-order valence-electron chi connectivity index (χ3n) is 4.44. The van der Waals surface area contributed by atoms with Crippen LogP contribution in [-0.4, -0.2) is 33.4 Å². The Balaban J connectivity index is 1.84. The Bertz CT molecular complexity index is 702. The summed E-state index contributed by atoms with van der Waals surface area (Å²) in [7, 11) is 0. The summed E-state index contributed by atoms with van der Waals surface area (Å²) in [5.41, 5.74) is 4.70. The Morgan fingerprint density at radius 2 is 2.09 bits per heavy atom. The molecule has 1 aliphatic rings. The minimum absolute atomic E-state index is 0.175. The number of carbonyl (C=O) groups excluding carboxylic acids is 1. The largest absolute Gasteiger partial charge is 0.342 e. The van der Waals surface area contributed by atoms with Crippen LogP contribution in [0.5, 0.6) is 0 Å². The topological polar surface area (TPSA) is 49.0 Å². The summed E-state index contributed by atoms with van der Waals surface area (Å²) in [6.07, 6.45) is 2.44. The van der Waals surface area contributed by atoms with Crippen LogP contribution in [0.3, 0.4) is 0 Å². The molecule has 116 valence electrons. The fraction of sp³-hybridized carbons (Fsp3) is 0.444. The number of H-pyrrole nitrogens is 1. The van der Waals surface area contributed by atoms with E-state index >= 15 is 0 Å². The zero-order valence-corrected chi connectivity index (χ0v) is 13.7. The zero-order chi connectivity index (χ0) is 15.9. The lowest BCUT2D eigenvalue weighted by Crippen LogP contribution is -2.31. The summed E-state index contributed by atoms with van der Waals surface area (Å²) in [5.74, 6) is 1.32. The number of likely N-dealkylation sites (tertiary alicyclic amines) is 1.